The van der Waals surface area contributed by atoms with Gasteiger partial charge in [-0.05, 0) is 42.5 Å². The zero-order valence-corrected chi connectivity index (χ0v) is 15.0. The monoisotopic (exact) mass is 392 g/mol. The van der Waals surface area contributed by atoms with Gasteiger partial charge in [-0.2, -0.15) is 0 Å². The lowest BCUT2D eigenvalue weighted by atomic mass is 10.2. The zero-order valence-electron chi connectivity index (χ0n) is 14.1. The maximum Gasteiger partial charge on any atom is 0.338 e. The fraction of sp³-hybridized carbons (Fsp3) is 0.111. The quantitative estimate of drug-likeness (QED) is 0.529. The van der Waals surface area contributed by atoms with Gasteiger partial charge in [-0.15, -0.1) is 6.58 Å². The minimum atomic E-state index is -3.70. The van der Waals surface area contributed by atoms with E-state index in [4.69, 9.17) is 4.74 Å². The van der Waals surface area contributed by atoms with E-state index in [0.29, 0.717) is 0 Å². The summed E-state index contributed by atoms with van der Waals surface area (Å²) in [5.41, 5.74) is 0.314. The number of carbonyl (C=O) groups is 2. The highest BCUT2D eigenvalue weighted by molar-refractivity contribution is 7.89. The van der Waals surface area contributed by atoms with Crippen molar-refractivity contribution in [1.29, 1.82) is 0 Å². The van der Waals surface area contributed by atoms with Crippen molar-refractivity contribution in [2.24, 2.45) is 0 Å². The van der Waals surface area contributed by atoms with E-state index < -0.39 is 34.3 Å². The number of esters is 1. The van der Waals surface area contributed by atoms with Crippen molar-refractivity contribution in [3.8, 4) is 0 Å². The van der Waals surface area contributed by atoms with Crippen LogP contribution in [0.15, 0.2) is 66.1 Å². The Kier molecular flexibility index (Phi) is 6.80. The summed E-state index contributed by atoms with van der Waals surface area (Å²) in [7, 11) is -3.70. The largest absolute Gasteiger partial charge is 0.452 e. The first kappa shape index (κ1) is 20.3. The van der Waals surface area contributed by atoms with E-state index in [1.54, 1.807) is 0 Å². The number of hydrogen-bond acceptors (Lipinski definition) is 5. The van der Waals surface area contributed by atoms with Crippen molar-refractivity contribution in [1.82, 2.24) is 4.72 Å². The Hall–Kier alpha value is -3.04. The third-order valence-corrected chi connectivity index (χ3v) is 4.70. The molecule has 2 rings (SSSR count). The molecule has 2 aromatic carbocycles. The van der Waals surface area contributed by atoms with E-state index in [9.17, 15) is 22.4 Å². The number of rotatable bonds is 8. The Bertz CT molecular complexity index is 942. The molecule has 0 spiro atoms. The van der Waals surface area contributed by atoms with Crippen LogP contribution >= 0.6 is 0 Å². The molecule has 0 unspecified atom stereocenters. The van der Waals surface area contributed by atoms with Gasteiger partial charge < -0.3 is 10.1 Å². The van der Waals surface area contributed by atoms with Gasteiger partial charge >= 0.3 is 5.97 Å². The zero-order chi connectivity index (χ0) is 19.9. The number of ether oxygens (including phenoxy) is 1. The minimum absolute atomic E-state index is 0.0234. The Morgan fingerprint density at radius 3 is 2.48 bits per heavy atom. The summed E-state index contributed by atoms with van der Waals surface area (Å²) < 4.78 is 44.1. The van der Waals surface area contributed by atoms with Crippen LogP contribution < -0.4 is 10.0 Å². The van der Waals surface area contributed by atoms with Gasteiger partial charge in [0.25, 0.3) is 5.91 Å². The van der Waals surface area contributed by atoms with E-state index in [1.807, 2.05) is 0 Å². The maximum absolute atomic E-state index is 13.0. The van der Waals surface area contributed by atoms with Crippen molar-refractivity contribution in [2.75, 3.05) is 18.5 Å². The van der Waals surface area contributed by atoms with Crippen LogP contribution in [-0.2, 0) is 19.6 Å². The minimum Gasteiger partial charge on any atom is -0.452 e. The molecule has 0 aliphatic heterocycles. The van der Waals surface area contributed by atoms with Gasteiger partial charge in [-0.3, -0.25) is 4.79 Å². The Labute approximate surface area is 155 Å². The Morgan fingerprint density at radius 2 is 1.85 bits per heavy atom. The van der Waals surface area contributed by atoms with Gasteiger partial charge in [0, 0.05) is 12.2 Å². The first-order chi connectivity index (χ1) is 12.8. The first-order valence-electron chi connectivity index (χ1n) is 7.75. The highest BCUT2D eigenvalue weighted by Crippen LogP contribution is 2.12. The van der Waals surface area contributed by atoms with Gasteiger partial charge in [0.1, 0.15) is 5.82 Å². The summed E-state index contributed by atoms with van der Waals surface area (Å²) in [6, 6.07) is 10.3. The number of halogens is 1. The standard InChI is InChI=1S/C18H17FN2O5S/c1-2-10-20-27(24,25)16-8-6-13(7-9-16)18(23)26-12-17(22)21-15-5-3-4-14(19)11-15/h2-9,11,20H,1,10,12H2,(H,21,22). The third kappa shape index (κ3) is 6.01. The summed E-state index contributed by atoms with van der Waals surface area (Å²) in [5.74, 6) is -1.95. The van der Waals surface area contributed by atoms with E-state index >= 15 is 0 Å². The second-order valence-corrected chi connectivity index (χ2v) is 7.07. The van der Waals surface area contributed by atoms with E-state index in [1.165, 1.54) is 48.5 Å². The van der Waals surface area contributed by atoms with Crippen molar-refractivity contribution < 1.29 is 27.1 Å². The molecule has 7 nitrogen and oxygen atoms in total. The number of benzene rings is 2. The molecule has 27 heavy (non-hydrogen) atoms. The van der Waals surface area contributed by atoms with Gasteiger partial charge in [0.05, 0.1) is 10.5 Å². The molecule has 0 saturated heterocycles. The van der Waals surface area contributed by atoms with Crippen LogP contribution in [0, 0.1) is 5.82 Å². The predicted octanol–water partition coefficient (Wildman–Crippen LogP) is 2.09. The number of anilines is 1. The molecule has 9 heteroatoms. The van der Waals surface area contributed by atoms with E-state index in [0.717, 1.165) is 6.07 Å². The Morgan fingerprint density at radius 1 is 1.15 bits per heavy atom. The second-order valence-electron chi connectivity index (χ2n) is 5.30. The van der Waals surface area contributed by atoms with Crippen LogP contribution in [0.25, 0.3) is 0 Å². The number of carbonyl (C=O) groups excluding carboxylic acids is 2. The molecule has 2 N–H and O–H groups in total. The van der Waals surface area contributed by atoms with Crippen LogP contribution in [-0.4, -0.2) is 33.4 Å². The van der Waals surface area contributed by atoms with Crippen molar-refractivity contribution in [3.05, 3.63) is 72.6 Å². The molecular weight excluding hydrogens is 375 g/mol. The molecule has 1 amide bonds. The molecule has 0 heterocycles. The number of amides is 1. The highest BCUT2D eigenvalue weighted by atomic mass is 32.2. The van der Waals surface area contributed by atoms with Crippen molar-refractivity contribution in [3.63, 3.8) is 0 Å². The predicted molar refractivity (Wildman–Crippen MR) is 97.1 cm³/mol. The molecule has 0 bridgehead atoms. The lowest BCUT2D eigenvalue weighted by molar-refractivity contribution is -0.119. The topological polar surface area (TPSA) is 102 Å². The summed E-state index contributed by atoms with van der Waals surface area (Å²) in [6.07, 6.45) is 1.40. The summed E-state index contributed by atoms with van der Waals surface area (Å²) in [6.45, 7) is 2.92. The molecule has 0 aliphatic carbocycles. The SMILES string of the molecule is C=CCNS(=O)(=O)c1ccc(C(=O)OCC(=O)Nc2cccc(F)c2)cc1. The first-order valence-corrected chi connectivity index (χ1v) is 9.23. The highest BCUT2D eigenvalue weighted by Gasteiger charge is 2.15. The molecule has 0 fully saturated rings. The number of nitrogens with one attached hydrogen (secondary N) is 2. The molecule has 0 atom stereocenters. The maximum atomic E-state index is 13.0. The van der Waals surface area contributed by atoms with Crippen LogP contribution in [0.2, 0.25) is 0 Å². The van der Waals surface area contributed by atoms with Crippen LogP contribution in [0.4, 0.5) is 10.1 Å². The van der Waals surface area contributed by atoms with Crippen molar-refractivity contribution in [2.45, 2.75) is 4.90 Å². The normalized spacial score (nSPS) is 10.9. The lowest BCUT2D eigenvalue weighted by Crippen LogP contribution is -2.23. The molecule has 0 radical (unpaired) electrons. The Balaban J connectivity index is 1.92. The van der Waals surface area contributed by atoms with Crippen LogP contribution in [0.3, 0.4) is 0 Å². The molecule has 0 saturated carbocycles. The lowest BCUT2D eigenvalue weighted by Gasteiger charge is -2.08. The van der Waals surface area contributed by atoms with E-state index in [2.05, 4.69) is 16.6 Å². The number of sulfonamides is 1. The van der Waals surface area contributed by atoms with Gasteiger partial charge in [-0.1, -0.05) is 12.1 Å². The third-order valence-electron chi connectivity index (χ3n) is 3.26. The summed E-state index contributed by atoms with van der Waals surface area (Å²) in [5, 5.41) is 2.39. The molecular formula is C18H17FN2O5S. The average Bonchev–Trinajstić information content (AvgIpc) is 2.64. The second kappa shape index (κ2) is 9.06. The fourth-order valence-electron chi connectivity index (χ4n) is 2.00. The van der Waals surface area contributed by atoms with Crippen LogP contribution in [0.1, 0.15) is 10.4 Å². The molecule has 0 aliphatic rings. The van der Waals surface area contributed by atoms with E-state index in [-0.39, 0.29) is 22.7 Å². The van der Waals surface area contributed by atoms with Crippen molar-refractivity contribution >= 4 is 27.6 Å². The summed E-state index contributed by atoms with van der Waals surface area (Å²) >= 11 is 0. The molecule has 2 aromatic rings. The fourth-order valence-corrected chi connectivity index (χ4v) is 3.00. The summed E-state index contributed by atoms with van der Waals surface area (Å²) in [4.78, 5) is 23.7. The van der Waals surface area contributed by atoms with Crippen LogP contribution in [0.5, 0.6) is 0 Å². The molecule has 0 aromatic heterocycles. The molecule has 142 valence electrons. The van der Waals surface area contributed by atoms with Gasteiger partial charge in [-0.25, -0.2) is 22.3 Å². The smallest absolute Gasteiger partial charge is 0.338 e. The van der Waals surface area contributed by atoms with Gasteiger partial charge in [0.2, 0.25) is 10.0 Å². The number of hydrogen-bond donors (Lipinski definition) is 2. The average molecular weight is 392 g/mol. The van der Waals surface area contributed by atoms with Gasteiger partial charge in [0.15, 0.2) is 6.61 Å².